The van der Waals surface area contributed by atoms with Gasteiger partial charge in [-0.1, -0.05) is 31.5 Å². The first kappa shape index (κ1) is 25.3. The molecule has 174 valence electrons. The van der Waals surface area contributed by atoms with E-state index >= 15 is 0 Å². The van der Waals surface area contributed by atoms with E-state index in [1.807, 2.05) is 19.2 Å². The summed E-state index contributed by atoms with van der Waals surface area (Å²) in [6.07, 6.45) is -4.72. The Morgan fingerprint density at radius 3 is 2.44 bits per heavy atom. The van der Waals surface area contributed by atoms with Crippen molar-refractivity contribution >= 4 is 29.2 Å². The van der Waals surface area contributed by atoms with Crippen LogP contribution in [0.3, 0.4) is 0 Å². The number of anilines is 1. The number of rotatable bonds is 9. The smallest absolute Gasteiger partial charge is 0.418 e. The molecule has 32 heavy (non-hydrogen) atoms. The summed E-state index contributed by atoms with van der Waals surface area (Å²) in [7, 11) is 0. The Hall–Kier alpha value is -2.94. The average molecular weight is 474 g/mol. The summed E-state index contributed by atoms with van der Waals surface area (Å²) in [5.41, 5.74) is -1.62. The Morgan fingerprint density at radius 1 is 1.09 bits per heavy atom. The average Bonchev–Trinajstić information content (AvgIpc) is 2.71. The van der Waals surface area contributed by atoms with Gasteiger partial charge in [0.2, 0.25) is 0 Å². The molecule has 2 rings (SSSR count). The van der Waals surface area contributed by atoms with Crippen LogP contribution in [-0.4, -0.2) is 31.7 Å². The number of amides is 1. The van der Waals surface area contributed by atoms with Crippen LogP contribution in [0.5, 0.6) is 11.5 Å². The zero-order chi connectivity index (χ0) is 23.9. The van der Waals surface area contributed by atoms with E-state index in [0.717, 1.165) is 12.1 Å². The lowest BCUT2D eigenvalue weighted by molar-refractivity contribution is -0.137. The van der Waals surface area contributed by atoms with Gasteiger partial charge in [-0.05, 0) is 43.2 Å². The van der Waals surface area contributed by atoms with Crippen LogP contribution in [0.1, 0.15) is 36.7 Å². The summed E-state index contributed by atoms with van der Waals surface area (Å²) >= 11 is 5.80. The fraction of sp³-hybridized carbons (Fsp3) is 0.364. The van der Waals surface area contributed by atoms with Gasteiger partial charge in [-0.25, -0.2) is 4.79 Å². The number of halogens is 4. The number of alkyl halides is 3. The molecule has 0 atom stereocenters. The zero-order valence-corrected chi connectivity index (χ0v) is 18.5. The van der Waals surface area contributed by atoms with E-state index in [9.17, 15) is 22.8 Å². The third-order valence-corrected chi connectivity index (χ3v) is 4.28. The Morgan fingerprint density at radius 2 is 1.81 bits per heavy atom. The Balaban J connectivity index is 2.06. The fourth-order valence-electron chi connectivity index (χ4n) is 2.56. The molecule has 2 aromatic carbocycles. The molecule has 0 aromatic heterocycles. The van der Waals surface area contributed by atoms with Crippen LogP contribution in [0.2, 0.25) is 5.02 Å². The molecule has 2 aromatic rings. The third-order valence-electron chi connectivity index (χ3n) is 3.97. The fourth-order valence-corrected chi connectivity index (χ4v) is 2.78. The molecule has 0 radical (unpaired) electrons. The zero-order valence-electron chi connectivity index (χ0n) is 17.7. The standard InChI is InChI=1S/C22H23ClF3NO5/c1-4-30-18-10-14(8-9-17(18)31-11-13(2)3)21(29)32-12-19(28)27-20-15(22(24,25)26)6-5-7-16(20)23/h5-10,13H,4,11-12H2,1-3H3,(H,27,28). The molecule has 0 saturated heterocycles. The van der Waals surface area contributed by atoms with Crippen LogP contribution in [0, 0.1) is 5.92 Å². The van der Waals surface area contributed by atoms with Crippen molar-refractivity contribution in [2.45, 2.75) is 26.9 Å². The van der Waals surface area contributed by atoms with Crippen LogP contribution in [0.4, 0.5) is 18.9 Å². The van der Waals surface area contributed by atoms with Crippen molar-refractivity contribution in [1.82, 2.24) is 0 Å². The Labute approximate surface area is 188 Å². The number of ether oxygens (including phenoxy) is 3. The van der Waals surface area contributed by atoms with Gasteiger partial charge in [0.15, 0.2) is 18.1 Å². The van der Waals surface area contributed by atoms with E-state index < -0.39 is 35.9 Å². The van der Waals surface area contributed by atoms with Gasteiger partial charge in [0.05, 0.1) is 35.1 Å². The highest BCUT2D eigenvalue weighted by molar-refractivity contribution is 6.34. The maximum absolute atomic E-state index is 13.1. The number of esters is 1. The molecule has 0 heterocycles. The minimum atomic E-state index is -4.72. The maximum Gasteiger partial charge on any atom is 0.418 e. The molecule has 6 nitrogen and oxygen atoms in total. The topological polar surface area (TPSA) is 73.9 Å². The molecule has 0 saturated carbocycles. The summed E-state index contributed by atoms with van der Waals surface area (Å²) in [4.78, 5) is 24.4. The monoisotopic (exact) mass is 473 g/mol. The highest BCUT2D eigenvalue weighted by Crippen LogP contribution is 2.38. The predicted octanol–water partition coefficient (Wildman–Crippen LogP) is 5.59. The van der Waals surface area contributed by atoms with E-state index in [-0.39, 0.29) is 16.5 Å². The van der Waals surface area contributed by atoms with Crippen molar-refractivity contribution in [2.24, 2.45) is 5.92 Å². The SMILES string of the molecule is CCOc1cc(C(=O)OCC(=O)Nc2c(Cl)cccc2C(F)(F)F)ccc1OCC(C)C. The summed E-state index contributed by atoms with van der Waals surface area (Å²) in [5, 5.41) is 1.75. The first-order valence-corrected chi connectivity index (χ1v) is 10.1. The predicted molar refractivity (Wildman–Crippen MR) is 113 cm³/mol. The molecule has 0 aliphatic carbocycles. The molecule has 0 spiro atoms. The highest BCUT2D eigenvalue weighted by atomic mass is 35.5. The second-order valence-corrected chi connectivity index (χ2v) is 7.49. The van der Waals surface area contributed by atoms with Crippen molar-refractivity contribution < 1.29 is 37.0 Å². The lowest BCUT2D eigenvalue weighted by Gasteiger charge is -2.15. The molecule has 0 bridgehead atoms. The number of carbonyl (C=O) groups is 2. The Kier molecular flexibility index (Phi) is 8.77. The van der Waals surface area contributed by atoms with E-state index in [1.54, 1.807) is 13.0 Å². The molecule has 0 aliphatic heterocycles. The second-order valence-electron chi connectivity index (χ2n) is 7.08. The number of para-hydroxylation sites is 1. The molecule has 1 N–H and O–H groups in total. The van der Waals surface area contributed by atoms with E-state index in [2.05, 4.69) is 0 Å². The molecule has 10 heteroatoms. The lowest BCUT2D eigenvalue weighted by atomic mass is 10.1. The van der Waals surface area contributed by atoms with Gasteiger partial charge in [-0.3, -0.25) is 4.79 Å². The summed E-state index contributed by atoms with van der Waals surface area (Å²) in [6.45, 7) is 5.71. The van der Waals surface area contributed by atoms with Crippen LogP contribution < -0.4 is 14.8 Å². The third kappa shape index (κ3) is 7.05. The molecular formula is C22H23ClF3NO5. The molecule has 0 aliphatic rings. The van der Waals surface area contributed by atoms with Gasteiger partial charge >= 0.3 is 12.1 Å². The van der Waals surface area contributed by atoms with Gasteiger partial charge in [-0.2, -0.15) is 13.2 Å². The number of nitrogens with one attached hydrogen (secondary N) is 1. The summed E-state index contributed by atoms with van der Waals surface area (Å²) in [6, 6.07) is 7.50. The maximum atomic E-state index is 13.1. The van der Waals surface area contributed by atoms with Gasteiger partial charge in [0.1, 0.15) is 0 Å². The van der Waals surface area contributed by atoms with Crippen molar-refractivity contribution in [3.05, 3.63) is 52.5 Å². The number of hydrogen-bond donors (Lipinski definition) is 1. The van der Waals surface area contributed by atoms with Crippen LogP contribution >= 0.6 is 11.6 Å². The minimum Gasteiger partial charge on any atom is -0.490 e. The van der Waals surface area contributed by atoms with Crippen molar-refractivity contribution in [3.63, 3.8) is 0 Å². The Bertz CT molecular complexity index is 963. The first-order valence-electron chi connectivity index (χ1n) is 9.75. The molecular weight excluding hydrogens is 451 g/mol. The van der Waals surface area contributed by atoms with Gasteiger partial charge in [-0.15, -0.1) is 0 Å². The van der Waals surface area contributed by atoms with Crippen LogP contribution in [-0.2, 0) is 15.7 Å². The lowest BCUT2D eigenvalue weighted by Crippen LogP contribution is -2.23. The highest BCUT2D eigenvalue weighted by Gasteiger charge is 2.34. The summed E-state index contributed by atoms with van der Waals surface area (Å²) < 4.78 is 55.5. The van der Waals surface area contributed by atoms with Gasteiger partial charge < -0.3 is 19.5 Å². The first-order chi connectivity index (χ1) is 15.0. The van der Waals surface area contributed by atoms with Gasteiger partial charge in [0.25, 0.3) is 5.91 Å². The molecule has 0 unspecified atom stereocenters. The van der Waals surface area contributed by atoms with E-state index in [0.29, 0.717) is 24.7 Å². The summed E-state index contributed by atoms with van der Waals surface area (Å²) in [5.74, 6) is -0.764. The second kappa shape index (κ2) is 11.1. The van der Waals surface area contributed by atoms with Crippen LogP contribution in [0.25, 0.3) is 0 Å². The van der Waals surface area contributed by atoms with Crippen LogP contribution in [0.15, 0.2) is 36.4 Å². The molecule has 0 fully saturated rings. The van der Waals surface area contributed by atoms with Gasteiger partial charge in [0, 0.05) is 0 Å². The largest absolute Gasteiger partial charge is 0.490 e. The van der Waals surface area contributed by atoms with E-state index in [4.69, 9.17) is 25.8 Å². The van der Waals surface area contributed by atoms with Crippen molar-refractivity contribution in [2.75, 3.05) is 25.1 Å². The van der Waals surface area contributed by atoms with Crippen molar-refractivity contribution in [1.29, 1.82) is 0 Å². The van der Waals surface area contributed by atoms with Crippen molar-refractivity contribution in [3.8, 4) is 11.5 Å². The quantitative estimate of drug-likeness (QED) is 0.481. The minimum absolute atomic E-state index is 0.0897. The number of hydrogen-bond acceptors (Lipinski definition) is 5. The number of benzene rings is 2. The normalized spacial score (nSPS) is 11.2. The molecule has 1 amide bonds. The number of carbonyl (C=O) groups excluding carboxylic acids is 2. The van der Waals surface area contributed by atoms with E-state index in [1.165, 1.54) is 18.2 Å².